The molecular weight excluding hydrogens is 268 g/mol. The number of esters is 1. The van der Waals surface area contributed by atoms with Crippen molar-refractivity contribution in [1.82, 2.24) is 9.55 Å². The van der Waals surface area contributed by atoms with Gasteiger partial charge in [-0.1, -0.05) is 12.1 Å². The second-order valence-electron chi connectivity index (χ2n) is 5.37. The van der Waals surface area contributed by atoms with Gasteiger partial charge in [0.1, 0.15) is 11.2 Å². The second kappa shape index (κ2) is 5.48. The van der Waals surface area contributed by atoms with E-state index < -0.39 is 5.41 Å². The van der Waals surface area contributed by atoms with Gasteiger partial charge in [0.25, 0.3) is 0 Å². The van der Waals surface area contributed by atoms with E-state index in [-0.39, 0.29) is 5.97 Å². The number of fused-ring (bicyclic) bond motifs is 1. The highest BCUT2D eigenvalue weighted by Crippen LogP contribution is 2.49. The first-order chi connectivity index (χ1) is 10.2. The van der Waals surface area contributed by atoms with Crippen LogP contribution in [0.2, 0.25) is 0 Å². The van der Waals surface area contributed by atoms with Gasteiger partial charge in [-0.2, -0.15) is 0 Å². The third-order valence-corrected chi connectivity index (χ3v) is 4.02. The SMILES string of the molecule is CCOC(=O)C1(c2nc3ccccc3n2CCOC)CC1. The van der Waals surface area contributed by atoms with Crippen molar-refractivity contribution in [3.63, 3.8) is 0 Å². The molecule has 1 aliphatic rings. The Hall–Kier alpha value is -1.88. The zero-order valence-electron chi connectivity index (χ0n) is 12.5. The number of methoxy groups -OCH3 is 1. The number of hydrogen-bond donors (Lipinski definition) is 0. The van der Waals surface area contributed by atoms with Crippen LogP contribution in [0, 0.1) is 0 Å². The molecule has 21 heavy (non-hydrogen) atoms. The van der Waals surface area contributed by atoms with Crippen LogP contribution in [0.1, 0.15) is 25.6 Å². The first kappa shape index (κ1) is 14.1. The molecule has 1 aromatic heterocycles. The molecule has 1 fully saturated rings. The summed E-state index contributed by atoms with van der Waals surface area (Å²) >= 11 is 0. The van der Waals surface area contributed by atoms with E-state index in [0.29, 0.717) is 19.8 Å². The molecule has 5 nitrogen and oxygen atoms in total. The standard InChI is InChI=1S/C16H20N2O3/c1-3-21-15(19)16(8-9-16)14-17-12-6-4-5-7-13(12)18(14)10-11-20-2/h4-7H,3,8-11H2,1-2H3. The molecule has 5 heteroatoms. The second-order valence-corrected chi connectivity index (χ2v) is 5.37. The molecule has 1 aliphatic carbocycles. The number of para-hydroxylation sites is 2. The first-order valence-electron chi connectivity index (χ1n) is 7.35. The molecule has 0 aliphatic heterocycles. The number of aromatic nitrogens is 2. The van der Waals surface area contributed by atoms with Crippen LogP contribution in [0.3, 0.4) is 0 Å². The molecule has 0 bridgehead atoms. The van der Waals surface area contributed by atoms with Gasteiger partial charge < -0.3 is 14.0 Å². The topological polar surface area (TPSA) is 53.3 Å². The largest absolute Gasteiger partial charge is 0.465 e. The van der Waals surface area contributed by atoms with Crippen molar-refractivity contribution in [1.29, 1.82) is 0 Å². The lowest BCUT2D eigenvalue weighted by Gasteiger charge is -2.16. The third kappa shape index (κ3) is 2.31. The van der Waals surface area contributed by atoms with Crippen molar-refractivity contribution in [3.8, 4) is 0 Å². The van der Waals surface area contributed by atoms with Gasteiger partial charge in [-0.25, -0.2) is 4.98 Å². The molecule has 0 atom stereocenters. The maximum absolute atomic E-state index is 12.3. The molecule has 1 saturated carbocycles. The van der Waals surface area contributed by atoms with Crippen molar-refractivity contribution in [3.05, 3.63) is 30.1 Å². The average Bonchev–Trinajstić information content (AvgIpc) is 3.22. The van der Waals surface area contributed by atoms with E-state index in [4.69, 9.17) is 14.5 Å². The van der Waals surface area contributed by atoms with Gasteiger partial charge in [-0.15, -0.1) is 0 Å². The summed E-state index contributed by atoms with van der Waals surface area (Å²) in [5.74, 6) is 0.665. The number of rotatable bonds is 6. The Kier molecular flexibility index (Phi) is 3.68. The highest BCUT2D eigenvalue weighted by molar-refractivity contribution is 5.87. The molecule has 0 N–H and O–H groups in total. The molecule has 1 heterocycles. The minimum atomic E-state index is -0.553. The van der Waals surface area contributed by atoms with Crippen LogP contribution in [-0.2, 0) is 26.2 Å². The maximum atomic E-state index is 12.3. The van der Waals surface area contributed by atoms with Crippen molar-refractivity contribution in [2.45, 2.75) is 31.7 Å². The summed E-state index contributed by atoms with van der Waals surface area (Å²) < 4.78 is 12.6. The third-order valence-electron chi connectivity index (χ3n) is 4.02. The monoisotopic (exact) mass is 288 g/mol. The lowest BCUT2D eigenvalue weighted by molar-refractivity contribution is -0.146. The quantitative estimate of drug-likeness (QED) is 0.765. The van der Waals surface area contributed by atoms with Crippen LogP contribution < -0.4 is 0 Å². The summed E-state index contributed by atoms with van der Waals surface area (Å²) in [6.45, 7) is 3.51. The van der Waals surface area contributed by atoms with E-state index in [1.165, 1.54) is 0 Å². The number of ether oxygens (including phenoxy) is 2. The van der Waals surface area contributed by atoms with Crippen LogP contribution in [0.25, 0.3) is 11.0 Å². The fourth-order valence-corrected chi connectivity index (χ4v) is 2.76. The molecule has 0 amide bonds. The van der Waals surface area contributed by atoms with Gasteiger partial charge in [0.2, 0.25) is 0 Å². The molecular formula is C16H20N2O3. The number of nitrogens with zero attached hydrogens (tertiary/aromatic N) is 2. The van der Waals surface area contributed by atoms with Gasteiger partial charge in [0.05, 0.1) is 24.2 Å². The number of carbonyl (C=O) groups is 1. The lowest BCUT2D eigenvalue weighted by Crippen LogP contribution is -2.27. The van der Waals surface area contributed by atoms with Gasteiger partial charge >= 0.3 is 5.97 Å². The normalized spacial score (nSPS) is 16.1. The zero-order valence-corrected chi connectivity index (χ0v) is 12.5. The van der Waals surface area contributed by atoms with Crippen LogP contribution in [-0.4, -0.2) is 35.8 Å². The van der Waals surface area contributed by atoms with Crippen molar-refractivity contribution >= 4 is 17.0 Å². The van der Waals surface area contributed by atoms with Gasteiger partial charge in [-0.05, 0) is 31.9 Å². The van der Waals surface area contributed by atoms with Crippen LogP contribution in [0.15, 0.2) is 24.3 Å². The smallest absolute Gasteiger partial charge is 0.319 e. The Bertz CT molecular complexity index is 659. The molecule has 2 aromatic rings. The van der Waals surface area contributed by atoms with Gasteiger partial charge in [0, 0.05) is 13.7 Å². The van der Waals surface area contributed by atoms with Gasteiger partial charge in [0.15, 0.2) is 0 Å². The summed E-state index contributed by atoms with van der Waals surface area (Å²) in [4.78, 5) is 17.0. The number of imidazole rings is 1. The van der Waals surface area contributed by atoms with Crippen LogP contribution in [0.4, 0.5) is 0 Å². The highest BCUT2D eigenvalue weighted by atomic mass is 16.5. The summed E-state index contributed by atoms with van der Waals surface area (Å²) in [5, 5.41) is 0. The fraction of sp³-hybridized carbons (Fsp3) is 0.500. The van der Waals surface area contributed by atoms with E-state index in [1.54, 1.807) is 7.11 Å². The molecule has 0 unspecified atom stereocenters. The molecule has 1 aromatic carbocycles. The first-order valence-corrected chi connectivity index (χ1v) is 7.35. The minimum Gasteiger partial charge on any atom is -0.465 e. The van der Waals surface area contributed by atoms with Crippen LogP contribution in [0.5, 0.6) is 0 Å². The maximum Gasteiger partial charge on any atom is 0.319 e. The average molecular weight is 288 g/mol. The summed E-state index contributed by atoms with van der Waals surface area (Å²) in [6, 6.07) is 7.96. The number of carbonyl (C=O) groups excluding carboxylic acids is 1. The Morgan fingerprint density at radius 2 is 2.14 bits per heavy atom. The van der Waals surface area contributed by atoms with E-state index in [0.717, 1.165) is 29.7 Å². The molecule has 0 saturated heterocycles. The van der Waals surface area contributed by atoms with Crippen molar-refractivity contribution < 1.29 is 14.3 Å². The minimum absolute atomic E-state index is 0.154. The van der Waals surface area contributed by atoms with Crippen molar-refractivity contribution in [2.24, 2.45) is 0 Å². The number of benzene rings is 1. The molecule has 3 rings (SSSR count). The van der Waals surface area contributed by atoms with Crippen LogP contribution >= 0.6 is 0 Å². The Balaban J connectivity index is 2.07. The fourth-order valence-electron chi connectivity index (χ4n) is 2.76. The Morgan fingerprint density at radius 3 is 2.81 bits per heavy atom. The van der Waals surface area contributed by atoms with Gasteiger partial charge in [-0.3, -0.25) is 4.79 Å². The van der Waals surface area contributed by atoms with E-state index in [1.807, 2.05) is 31.2 Å². The van der Waals surface area contributed by atoms with E-state index >= 15 is 0 Å². The Labute approximate surface area is 123 Å². The molecule has 112 valence electrons. The Morgan fingerprint density at radius 1 is 1.38 bits per heavy atom. The summed E-state index contributed by atoms with van der Waals surface area (Å²) in [6.07, 6.45) is 1.62. The predicted octanol–water partition coefficient (Wildman–Crippen LogP) is 2.28. The van der Waals surface area contributed by atoms with Crippen molar-refractivity contribution in [2.75, 3.05) is 20.3 Å². The lowest BCUT2D eigenvalue weighted by atomic mass is 10.1. The van der Waals surface area contributed by atoms with E-state index in [2.05, 4.69) is 4.57 Å². The summed E-state index contributed by atoms with van der Waals surface area (Å²) in [7, 11) is 1.68. The predicted molar refractivity (Wildman–Crippen MR) is 79.2 cm³/mol. The zero-order chi connectivity index (χ0) is 14.9. The number of hydrogen-bond acceptors (Lipinski definition) is 4. The summed E-state index contributed by atoms with van der Waals surface area (Å²) in [5.41, 5.74) is 1.40. The molecule has 0 radical (unpaired) electrons. The van der Waals surface area contributed by atoms with E-state index in [9.17, 15) is 4.79 Å². The highest BCUT2D eigenvalue weighted by Gasteiger charge is 2.56. The molecule has 0 spiro atoms.